The molecule has 0 saturated carbocycles. The van der Waals surface area contributed by atoms with Crippen molar-refractivity contribution in [3.8, 4) is 0 Å². The first-order chi connectivity index (χ1) is 9.97. The maximum absolute atomic E-state index is 11.5. The summed E-state index contributed by atoms with van der Waals surface area (Å²) in [5.74, 6) is 0.478. The summed E-state index contributed by atoms with van der Waals surface area (Å²) in [4.78, 5) is 20.3. The van der Waals surface area contributed by atoms with E-state index in [1.165, 1.54) is 0 Å². The molecular weight excluding hydrogens is 266 g/mol. The molecular formula is C16H19N3O2. The van der Waals surface area contributed by atoms with Crippen molar-refractivity contribution in [1.29, 1.82) is 0 Å². The summed E-state index contributed by atoms with van der Waals surface area (Å²) < 4.78 is 0. The standard InChI is InChI=1S/C16H19N3O2/c1-10(2)15-17-11(3)9-13(19-15)18-14(16(20)21)12-7-5-4-6-8-12/h4-10,14H,1-3H3,(H,20,21)(H,17,18,19). The Balaban J connectivity index is 2.32. The maximum atomic E-state index is 11.5. The second-order valence-corrected chi connectivity index (χ2v) is 5.23. The number of benzene rings is 1. The quantitative estimate of drug-likeness (QED) is 0.882. The zero-order valence-electron chi connectivity index (χ0n) is 12.4. The number of aliphatic carboxylic acids is 1. The summed E-state index contributed by atoms with van der Waals surface area (Å²) in [7, 11) is 0. The Morgan fingerprint density at radius 3 is 2.43 bits per heavy atom. The van der Waals surface area contributed by atoms with Crippen LogP contribution < -0.4 is 5.32 Å². The van der Waals surface area contributed by atoms with Gasteiger partial charge < -0.3 is 10.4 Å². The molecule has 1 aromatic carbocycles. The van der Waals surface area contributed by atoms with Crippen LogP contribution in [0.4, 0.5) is 5.82 Å². The number of carboxylic acid groups (broad SMARTS) is 1. The highest BCUT2D eigenvalue weighted by atomic mass is 16.4. The summed E-state index contributed by atoms with van der Waals surface area (Å²) in [6.45, 7) is 5.88. The van der Waals surface area contributed by atoms with Crippen LogP contribution in [0.5, 0.6) is 0 Å². The third-order valence-corrected chi connectivity index (χ3v) is 3.06. The number of nitrogens with one attached hydrogen (secondary N) is 1. The van der Waals surface area contributed by atoms with E-state index in [-0.39, 0.29) is 5.92 Å². The van der Waals surface area contributed by atoms with E-state index in [9.17, 15) is 9.90 Å². The average Bonchev–Trinajstić information content (AvgIpc) is 2.44. The Kier molecular flexibility index (Phi) is 4.52. The topological polar surface area (TPSA) is 75.1 Å². The second kappa shape index (κ2) is 6.35. The third kappa shape index (κ3) is 3.78. The minimum atomic E-state index is -0.941. The molecule has 2 N–H and O–H groups in total. The molecule has 2 rings (SSSR count). The first-order valence-electron chi connectivity index (χ1n) is 6.87. The van der Waals surface area contributed by atoms with Crippen LogP contribution in [0, 0.1) is 6.92 Å². The van der Waals surface area contributed by atoms with Crippen molar-refractivity contribution in [3.63, 3.8) is 0 Å². The zero-order chi connectivity index (χ0) is 15.4. The van der Waals surface area contributed by atoms with Gasteiger partial charge in [0.15, 0.2) is 6.04 Å². The van der Waals surface area contributed by atoms with Crippen LogP contribution in [-0.2, 0) is 4.79 Å². The van der Waals surface area contributed by atoms with Gasteiger partial charge in [0.05, 0.1) is 0 Å². The largest absolute Gasteiger partial charge is 0.479 e. The molecule has 1 unspecified atom stereocenters. The monoisotopic (exact) mass is 285 g/mol. The smallest absolute Gasteiger partial charge is 0.330 e. The van der Waals surface area contributed by atoms with Gasteiger partial charge in [-0.05, 0) is 12.5 Å². The van der Waals surface area contributed by atoms with Gasteiger partial charge in [-0.25, -0.2) is 14.8 Å². The van der Waals surface area contributed by atoms with Crippen molar-refractivity contribution < 1.29 is 9.90 Å². The highest BCUT2D eigenvalue weighted by Crippen LogP contribution is 2.20. The first kappa shape index (κ1) is 15.0. The Labute approximate surface area is 124 Å². The van der Waals surface area contributed by atoms with Crippen molar-refractivity contribution in [2.75, 3.05) is 5.32 Å². The number of carboxylic acids is 1. The average molecular weight is 285 g/mol. The number of aryl methyl sites for hydroxylation is 1. The Hall–Kier alpha value is -2.43. The van der Waals surface area contributed by atoms with E-state index in [0.29, 0.717) is 17.2 Å². The number of anilines is 1. The molecule has 0 spiro atoms. The van der Waals surface area contributed by atoms with Crippen molar-refractivity contribution in [2.45, 2.75) is 32.7 Å². The van der Waals surface area contributed by atoms with Gasteiger partial charge in [-0.3, -0.25) is 0 Å². The van der Waals surface area contributed by atoms with Gasteiger partial charge in [0.2, 0.25) is 0 Å². The minimum absolute atomic E-state index is 0.186. The number of nitrogens with zero attached hydrogens (tertiary/aromatic N) is 2. The lowest BCUT2D eigenvalue weighted by molar-refractivity contribution is -0.138. The molecule has 0 fully saturated rings. The number of hydrogen-bond acceptors (Lipinski definition) is 4. The van der Waals surface area contributed by atoms with Crippen LogP contribution in [0.3, 0.4) is 0 Å². The van der Waals surface area contributed by atoms with Gasteiger partial charge in [-0.1, -0.05) is 44.2 Å². The van der Waals surface area contributed by atoms with E-state index in [0.717, 1.165) is 5.69 Å². The van der Waals surface area contributed by atoms with Crippen molar-refractivity contribution in [1.82, 2.24) is 9.97 Å². The Morgan fingerprint density at radius 1 is 1.19 bits per heavy atom. The highest BCUT2D eigenvalue weighted by molar-refractivity contribution is 5.78. The fourth-order valence-corrected chi connectivity index (χ4v) is 2.00. The van der Waals surface area contributed by atoms with Gasteiger partial charge >= 0.3 is 5.97 Å². The van der Waals surface area contributed by atoms with Gasteiger partial charge in [-0.2, -0.15) is 0 Å². The molecule has 5 heteroatoms. The lowest BCUT2D eigenvalue weighted by atomic mass is 10.1. The molecule has 21 heavy (non-hydrogen) atoms. The van der Waals surface area contributed by atoms with Crippen LogP contribution in [-0.4, -0.2) is 21.0 Å². The molecule has 0 radical (unpaired) electrons. The summed E-state index contributed by atoms with van der Waals surface area (Å²) in [6.07, 6.45) is 0. The van der Waals surface area contributed by atoms with Crippen LogP contribution >= 0.6 is 0 Å². The fraction of sp³-hybridized carbons (Fsp3) is 0.312. The SMILES string of the molecule is Cc1cc(NC(C(=O)O)c2ccccc2)nc(C(C)C)n1. The van der Waals surface area contributed by atoms with Gasteiger partial charge in [0.1, 0.15) is 11.6 Å². The second-order valence-electron chi connectivity index (χ2n) is 5.23. The molecule has 0 saturated heterocycles. The highest BCUT2D eigenvalue weighted by Gasteiger charge is 2.20. The summed E-state index contributed by atoms with van der Waals surface area (Å²) in [5.41, 5.74) is 1.50. The van der Waals surface area contributed by atoms with Gasteiger partial charge in [0.25, 0.3) is 0 Å². The Morgan fingerprint density at radius 2 is 1.86 bits per heavy atom. The molecule has 0 aliphatic heterocycles. The van der Waals surface area contributed by atoms with Crippen LogP contribution in [0.1, 0.15) is 42.9 Å². The maximum Gasteiger partial charge on any atom is 0.330 e. The molecule has 0 aliphatic rings. The van der Waals surface area contributed by atoms with Crippen LogP contribution in [0.15, 0.2) is 36.4 Å². The molecule has 0 aliphatic carbocycles. The summed E-state index contributed by atoms with van der Waals surface area (Å²) in [6, 6.07) is 9.97. The lowest BCUT2D eigenvalue weighted by Crippen LogP contribution is -2.21. The molecule has 5 nitrogen and oxygen atoms in total. The first-order valence-corrected chi connectivity index (χ1v) is 6.87. The molecule has 1 heterocycles. The number of carbonyl (C=O) groups is 1. The number of hydrogen-bond donors (Lipinski definition) is 2. The lowest BCUT2D eigenvalue weighted by Gasteiger charge is -2.17. The predicted molar refractivity (Wildman–Crippen MR) is 81.3 cm³/mol. The third-order valence-electron chi connectivity index (χ3n) is 3.06. The summed E-state index contributed by atoms with van der Waals surface area (Å²) >= 11 is 0. The Bertz CT molecular complexity index is 627. The van der Waals surface area contributed by atoms with E-state index in [2.05, 4.69) is 15.3 Å². The van der Waals surface area contributed by atoms with E-state index in [1.807, 2.05) is 39.0 Å². The normalized spacial score (nSPS) is 12.2. The predicted octanol–water partition coefficient (Wildman–Crippen LogP) is 3.15. The van der Waals surface area contributed by atoms with E-state index in [1.54, 1.807) is 18.2 Å². The molecule has 0 amide bonds. The molecule has 1 aromatic heterocycles. The molecule has 0 bridgehead atoms. The molecule has 110 valence electrons. The summed E-state index contributed by atoms with van der Waals surface area (Å²) in [5, 5.41) is 12.4. The fourth-order valence-electron chi connectivity index (χ4n) is 2.00. The molecule has 1 atom stereocenters. The van der Waals surface area contributed by atoms with E-state index in [4.69, 9.17) is 0 Å². The van der Waals surface area contributed by atoms with Crippen molar-refractivity contribution >= 4 is 11.8 Å². The van der Waals surface area contributed by atoms with Gasteiger partial charge in [-0.15, -0.1) is 0 Å². The van der Waals surface area contributed by atoms with Crippen molar-refractivity contribution in [2.24, 2.45) is 0 Å². The van der Waals surface area contributed by atoms with Crippen molar-refractivity contribution in [3.05, 3.63) is 53.5 Å². The van der Waals surface area contributed by atoms with E-state index >= 15 is 0 Å². The van der Waals surface area contributed by atoms with Crippen LogP contribution in [0.25, 0.3) is 0 Å². The number of aromatic nitrogens is 2. The van der Waals surface area contributed by atoms with Gasteiger partial charge in [0, 0.05) is 17.7 Å². The van der Waals surface area contributed by atoms with E-state index < -0.39 is 12.0 Å². The molecule has 2 aromatic rings. The number of rotatable bonds is 5. The van der Waals surface area contributed by atoms with Crippen LogP contribution in [0.2, 0.25) is 0 Å². The minimum Gasteiger partial charge on any atom is -0.479 e. The zero-order valence-corrected chi connectivity index (χ0v) is 12.4.